The van der Waals surface area contributed by atoms with Gasteiger partial charge in [0, 0.05) is 5.88 Å². The first-order valence-electron chi connectivity index (χ1n) is 3.48. The summed E-state index contributed by atoms with van der Waals surface area (Å²) < 4.78 is 13.4. The number of hydrogen-bond donors (Lipinski definition) is 0. The van der Waals surface area contributed by atoms with Gasteiger partial charge in [0.25, 0.3) is 0 Å². The van der Waals surface area contributed by atoms with Crippen LogP contribution in [0.1, 0.15) is 13.8 Å². The third-order valence-corrected chi connectivity index (χ3v) is 2.38. The van der Waals surface area contributed by atoms with Gasteiger partial charge in [0.1, 0.15) is 11.7 Å². The highest BCUT2D eigenvalue weighted by molar-refractivity contribution is 7.81. The average Bonchev–Trinajstić information content (AvgIpc) is 1.99. The predicted molar refractivity (Wildman–Crippen MR) is 52.7 cm³/mol. The lowest BCUT2D eigenvalue weighted by Gasteiger charge is -2.06. The molecule has 0 fully saturated rings. The highest BCUT2D eigenvalue weighted by Gasteiger charge is 2.03. The van der Waals surface area contributed by atoms with Crippen LogP contribution in [0.15, 0.2) is 13.8 Å². The third-order valence-electron chi connectivity index (χ3n) is 1.01. The molecule has 1 aliphatic rings. The van der Waals surface area contributed by atoms with Crippen LogP contribution in [-0.2, 0) is 15.3 Å². The lowest BCUT2D eigenvalue weighted by molar-refractivity contribution is 0.396. The standard InChI is InChI=1S/C6H10ClN3OS/c1-5-8-6(2)10-12(9-5)11-4-3-7/h3-4H2,1-2H3. The SMILES string of the molecule is CC1=NC(C)=NS(OCCCl)=N1. The highest BCUT2D eigenvalue weighted by atomic mass is 35.5. The van der Waals surface area contributed by atoms with E-state index >= 15 is 0 Å². The van der Waals surface area contributed by atoms with Crippen molar-refractivity contribution in [3.05, 3.63) is 0 Å². The summed E-state index contributed by atoms with van der Waals surface area (Å²) in [5.74, 6) is 1.88. The van der Waals surface area contributed by atoms with E-state index in [1.54, 1.807) is 0 Å². The first kappa shape index (κ1) is 9.83. The van der Waals surface area contributed by atoms with Crippen LogP contribution in [0.5, 0.6) is 0 Å². The number of nitrogens with zero attached hydrogens (tertiary/aromatic N) is 3. The molecular formula is C6H10ClN3OS. The second-order valence-corrected chi connectivity index (χ2v) is 3.57. The molecule has 0 aromatic carbocycles. The summed E-state index contributed by atoms with van der Waals surface area (Å²) >= 11 is 4.75. The molecule has 1 atom stereocenters. The van der Waals surface area contributed by atoms with E-state index in [1.165, 1.54) is 0 Å². The molecule has 0 N–H and O–H groups in total. The van der Waals surface area contributed by atoms with Crippen LogP contribution in [-0.4, -0.2) is 24.2 Å². The number of rotatable bonds is 3. The van der Waals surface area contributed by atoms with E-state index < -0.39 is 11.2 Å². The van der Waals surface area contributed by atoms with Crippen molar-refractivity contribution >= 4 is 34.4 Å². The molecule has 1 aliphatic heterocycles. The molecule has 4 nitrogen and oxygen atoms in total. The maximum Gasteiger partial charge on any atom is 0.166 e. The van der Waals surface area contributed by atoms with Gasteiger partial charge in [0.15, 0.2) is 11.2 Å². The van der Waals surface area contributed by atoms with E-state index in [2.05, 4.69) is 13.8 Å². The molecule has 0 saturated heterocycles. The molecule has 1 heterocycles. The highest BCUT2D eigenvalue weighted by Crippen LogP contribution is 2.03. The molecule has 0 spiro atoms. The van der Waals surface area contributed by atoms with Gasteiger partial charge in [-0.25, -0.2) is 4.99 Å². The van der Waals surface area contributed by atoms with E-state index in [9.17, 15) is 0 Å². The van der Waals surface area contributed by atoms with Gasteiger partial charge in [-0.3, -0.25) is 4.18 Å². The molecule has 1 rings (SSSR count). The van der Waals surface area contributed by atoms with Crippen LogP contribution < -0.4 is 0 Å². The van der Waals surface area contributed by atoms with Gasteiger partial charge in [0.2, 0.25) is 0 Å². The van der Waals surface area contributed by atoms with Gasteiger partial charge < -0.3 is 0 Å². The van der Waals surface area contributed by atoms with Crippen LogP contribution in [0.2, 0.25) is 0 Å². The fourth-order valence-corrected chi connectivity index (χ4v) is 1.76. The van der Waals surface area contributed by atoms with Gasteiger partial charge in [-0.2, -0.15) is 8.76 Å². The van der Waals surface area contributed by atoms with Gasteiger partial charge in [-0.1, -0.05) is 0 Å². The van der Waals surface area contributed by atoms with Crippen molar-refractivity contribution in [1.29, 1.82) is 0 Å². The third kappa shape index (κ3) is 3.00. The summed E-state index contributed by atoms with van der Waals surface area (Å²) in [7, 11) is 0. The molecule has 0 bridgehead atoms. The predicted octanol–water partition coefficient (Wildman–Crippen LogP) is 1.72. The van der Waals surface area contributed by atoms with Crippen molar-refractivity contribution in [2.24, 2.45) is 13.8 Å². The Balaban J connectivity index is 2.61. The van der Waals surface area contributed by atoms with Crippen molar-refractivity contribution in [3.8, 4) is 0 Å². The van der Waals surface area contributed by atoms with Gasteiger partial charge >= 0.3 is 0 Å². The fraction of sp³-hybridized carbons (Fsp3) is 0.667. The molecule has 12 heavy (non-hydrogen) atoms. The minimum Gasteiger partial charge on any atom is -0.287 e. The Morgan fingerprint density at radius 1 is 1.42 bits per heavy atom. The smallest absolute Gasteiger partial charge is 0.166 e. The van der Waals surface area contributed by atoms with Crippen LogP contribution in [0.4, 0.5) is 0 Å². The largest absolute Gasteiger partial charge is 0.287 e. The van der Waals surface area contributed by atoms with Crippen molar-refractivity contribution in [3.63, 3.8) is 0 Å². The molecule has 68 valence electrons. The summed E-state index contributed by atoms with van der Waals surface area (Å²) in [6.07, 6.45) is 0. The Kier molecular flexibility index (Phi) is 3.84. The van der Waals surface area contributed by atoms with Gasteiger partial charge in [0.05, 0.1) is 6.61 Å². The monoisotopic (exact) mass is 207 g/mol. The van der Waals surface area contributed by atoms with Crippen LogP contribution in [0, 0.1) is 0 Å². The maximum absolute atomic E-state index is 5.45. The van der Waals surface area contributed by atoms with E-state index in [4.69, 9.17) is 15.8 Å². The zero-order valence-corrected chi connectivity index (χ0v) is 8.52. The van der Waals surface area contributed by atoms with Crippen molar-refractivity contribution < 1.29 is 4.18 Å². The first-order valence-corrected chi connectivity index (χ1v) is 5.08. The zero-order chi connectivity index (χ0) is 8.97. The second-order valence-electron chi connectivity index (χ2n) is 2.13. The van der Waals surface area contributed by atoms with Crippen molar-refractivity contribution in [1.82, 2.24) is 0 Å². The Bertz CT molecular complexity index is 259. The van der Waals surface area contributed by atoms with Crippen LogP contribution >= 0.6 is 11.6 Å². The quantitative estimate of drug-likeness (QED) is 0.650. The van der Waals surface area contributed by atoms with E-state index in [0.29, 0.717) is 24.2 Å². The Morgan fingerprint density at radius 2 is 2.17 bits per heavy atom. The summed E-state index contributed by atoms with van der Waals surface area (Å²) in [5.41, 5.74) is 0. The maximum atomic E-state index is 5.45. The zero-order valence-electron chi connectivity index (χ0n) is 6.95. The summed E-state index contributed by atoms with van der Waals surface area (Å²) in [5, 5.41) is 0. The fourth-order valence-electron chi connectivity index (χ4n) is 0.680. The molecule has 6 heteroatoms. The van der Waals surface area contributed by atoms with E-state index in [1.807, 2.05) is 13.8 Å². The number of hydrogen-bond acceptors (Lipinski definition) is 4. The topological polar surface area (TPSA) is 46.3 Å². The van der Waals surface area contributed by atoms with Crippen molar-refractivity contribution in [2.75, 3.05) is 12.5 Å². The molecule has 0 radical (unpaired) electrons. The number of halogens is 1. The summed E-state index contributed by atoms with van der Waals surface area (Å²) in [6, 6.07) is 0. The van der Waals surface area contributed by atoms with Gasteiger partial charge in [-0.05, 0) is 13.8 Å². The minimum absolute atomic E-state index is 0.462. The lowest BCUT2D eigenvalue weighted by Crippen LogP contribution is -2.07. The first-order chi connectivity index (χ1) is 5.72. The molecule has 0 amide bonds. The van der Waals surface area contributed by atoms with Crippen molar-refractivity contribution in [2.45, 2.75) is 13.8 Å². The molecule has 0 saturated carbocycles. The summed E-state index contributed by atoms with van der Waals surface area (Å²) in [6.45, 7) is 4.11. The molecule has 1 unspecified atom stereocenters. The van der Waals surface area contributed by atoms with Gasteiger partial charge in [-0.15, -0.1) is 11.6 Å². The Morgan fingerprint density at radius 3 is 2.75 bits per heavy atom. The number of alkyl halides is 1. The molecule has 0 aromatic rings. The number of amidine groups is 2. The van der Waals surface area contributed by atoms with Crippen LogP contribution in [0.25, 0.3) is 0 Å². The van der Waals surface area contributed by atoms with E-state index in [0.717, 1.165) is 0 Å². The second kappa shape index (κ2) is 4.69. The lowest BCUT2D eigenvalue weighted by atomic mass is 10.6. The molecular weight excluding hydrogens is 198 g/mol. The minimum atomic E-state index is -0.707. The van der Waals surface area contributed by atoms with Crippen LogP contribution in [0.3, 0.4) is 0 Å². The molecule has 0 aliphatic carbocycles. The summed E-state index contributed by atoms with van der Waals surface area (Å²) in [4.78, 5) is 4.03. The molecule has 0 aromatic heterocycles. The Hall–Kier alpha value is -0.260. The average molecular weight is 208 g/mol. The normalized spacial score (nSPS) is 22.8. The van der Waals surface area contributed by atoms with E-state index in [-0.39, 0.29) is 0 Å². The Labute approximate surface area is 79.1 Å². The number of aliphatic imine (C=N–C) groups is 1.